The molecule has 0 saturated heterocycles. The summed E-state index contributed by atoms with van der Waals surface area (Å²) in [4.78, 5) is 36.6. The largest absolute Gasteiger partial charge is 0.345 e. The number of nitrogens with one attached hydrogen (secondary N) is 4. The first kappa shape index (κ1) is 17.7. The molecule has 28 heavy (non-hydrogen) atoms. The van der Waals surface area contributed by atoms with Crippen LogP contribution in [0.15, 0.2) is 54.0 Å². The van der Waals surface area contributed by atoms with Gasteiger partial charge in [0, 0.05) is 18.1 Å². The Bertz CT molecular complexity index is 1090. The normalized spacial score (nSPS) is 16.6. The van der Waals surface area contributed by atoms with Crippen LogP contribution >= 0.6 is 0 Å². The summed E-state index contributed by atoms with van der Waals surface area (Å²) in [6.45, 7) is 3.97. The van der Waals surface area contributed by atoms with E-state index < -0.39 is 6.04 Å². The van der Waals surface area contributed by atoms with Crippen LogP contribution < -0.4 is 16.0 Å². The molecule has 3 aromatic rings. The van der Waals surface area contributed by atoms with Crippen molar-refractivity contribution in [1.29, 1.82) is 0 Å². The number of aromatic nitrogens is 3. The van der Waals surface area contributed by atoms with Crippen molar-refractivity contribution in [3.8, 4) is 0 Å². The second-order valence-corrected chi connectivity index (χ2v) is 6.74. The molecule has 0 fully saturated rings. The quantitative estimate of drug-likeness (QED) is 0.559. The van der Waals surface area contributed by atoms with Crippen LogP contribution in [0, 0.1) is 6.92 Å². The monoisotopic (exact) mass is 376 g/mol. The molecule has 0 saturated carbocycles. The molecule has 1 aromatic carbocycles. The number of aromatic amines is 1. The van der Waals surface area contributed by atoms with Crippen molar-refractivity contribution in [3.63, 3.8) is 0 Å². The predicted octanol–water partition coefficient (Wildman–Crippen LogP) is 2.21. The third-order valence-electron chi connectivity index (χ3n) is 4.63. The lowest BCUT2D eigenvalue weighted by Crippen LogP contribution is -2.47. The number of fused-ring (bicyclic) bond motifs is 1. The number of carbonyl (C=O) groups is 2. The summed E-state index contributed by atoms with van der Waals surface area (Å²) in [6, 6.07) is 8.62. The van der Waals surface area contributed by atoms with E-state index in [1.807, 2.05) is 31.2 Å². The molecule has 0 spiro atoms. The molecule has 2 aromatic heterocycles. The lowest BCUT2D eigenvalue weighted by Gasteiger charge is -2.28. The molecule has 142 valence electrons. The third-order valence-corrected chi connectivity index (χ3v) is 4.63. The Morgan fingerprint density at radius 3 is 2.89 bits per heavy atom. The van der Waals surface area contributed by atoms with Gasteiger partial charge >= 0.3 is 6.03 Å². The smallest absolute Gasteiger partial charge is 0.319 e. The van der Waals surface area contributed by atoms with Crippen molar-refractivity contribution in [2.24, 2.45) is 0 Å². The maximum Gasteiger partial charge on any atom is 0.319 e. The molecule has 3 amide bonds. The average molecular weight is 376 g/mol. The minimum atomic E-state index is -0.569. The molecule has 4 rings (SSSR count). The van der Waals surface area contributed by atoms with E-state index in [4.69, 9.17) is 0 Å². The van der Waals surface area contributed by atoms with Gasteiger partial charge in [0.2, 0.25) is 0 Å². The van der Waals surface area contributed by atoms with Gasteiger partial charge in [-0.3, -0.25) is 9.78 Å². The molecule has 8 heteroatoms. The van der Waals surface area contributed by atoms with Crippen molar-refractivity contribution in [1.82, 2.24) is 30.9 Å². The highest BCUT2D eigenvalue weighted by atomic mass is 16.2. The minimum absolute atomic E-state index is 0.247. The van der Waals surface area contributed by atoms with Crippen LogP contribution in [0.2, 0.25) is 0 Å². The first-order valence-corrected chi connectivity index (χ1v) is 8.93. The summed E-state index contributed by atoms with van der Waals surface area (Å²) in [5, 5.41) is 8.34. The Balaban J connectivity index is 1.56. The molecule has 1 aliphatic rings. The third kappa shape index (κ3) is 3.44. The summed E-state index contributed by atoms with van der Waals surface area (Å²) in [5.74, 6) is 0.383. The van der Waals surface area contributed by atoms with Crippen LogP contribution in [-0.2, 0) is 11.3 Å². The second-order valence-electron chi connectivity index (χ2n) is 6.74. The van der Waals surface area contributed by atoms with Gasteiger partial charge in [0.15, 0.2) is 0 Å². The van der Waals surface area contributed by atoms with E-state index in [1.165, 1.54) is 0 Å². The zero-order valence-corrected chi connectivity index (χ0v) is 15.5. The zero-order chi connectivity index (χ0) is 19.7. The van der Waals surface area contributed by atoms with Gasteiger partial charge < -0.3 is 20.9 Å². The Kier molecular flexibility index (Phi) is 4.52. The fraction of sp³-hybridized carbons (Fsp3) is 0.200. The Labute approximate surface area is 161 Å². The zero-order valence-electron chi connectivity index (χ0n) is 15.5. The Hall–Kier alpha value is -3.68. The number of H-pyrrole nitrogens is 1. The van der Waals surface area contributed by atoms with Crippen molar-refractivity contribution in [3.05, 3.63) is 70.9 Å². The second kappa shape index (κ2) is 7.15. The highest BCUT2D eigenvalue weighted by molar-refractivity contribution is 5.98. The summed E-state index contributed by atoms with van der Waals surface area (Å²) in [5.41, 5.74) is 4.61. The maximum absolute atomic E-state index is 12.9. The van der Waals surface area contributed by atoms with Gasteiger partial charge in [-0.15, -0.1) is 0 Å². The first-order valence-electron chi connectivity index (χ1n) is 8.93. The van der Waals surface area contributed by atoms with Crippen molar-refractivity contribution in [2.45, 2.75) is 26.4 Å². The van der Waals surface area contributed by atoms with Gasteiger partial charge in [-0.2, -0.15) is 0 Å². The van der Waals surface area contributed by atoms with E-state index in [0.29, 0.717) is 17.1 Å². The molecular formula is C20H20N6O2. The summed E-state index contributed by atoms with van der Waals surface area (Å²) >= 11 is 0. The number of hydrogen-bond donors (Lipinski definition) is 4. The van der Waals surface area contributed by atoms with Crippen LogP contribution in [0.3, 0.4) is 0 Å². The topological polar surface area (TPSA) is 112 Å². The molecule has 0 unspecified atom stereocenters. The number of hydrogen-bond acceptors (Lipinski definition) is 4. The number of aryl methyl sites for hydroxylation is 1. The highest BCUT2D eigenvalue weighted by Gasteiger charge is 2.31. The lowest BCUT2D eigenvalue weighted by molar-refractivity contribution is -0.118. The molecule has 0 bridgehead atoms. The van der Waals surface area contributed by atoms with E-state index in [9.17, 15) is 9.59 Å². The summed E-state index contributed by atoms with van der Waals surface area (Å²) in [6.07, 6.45) is 3.28. The molecule has 0 radical (unpaired) electrons. The highest BCUT2D eigenvalue weighted by Crippen LogP contribution is 2.26. The van der Waals surface area contributed by atoms with Crippen LogP contribution in [-0.4, -0.2) is 26.9 Å². The Morgan fingerprint density at radius 1 is 1.25 bits per heavy atom. The van der Waals surface area contributed by atoms with Gasteiger partial charge in [-0.25, -0.2) is 9.78 Å². The molecule has 3 heterocycles. The van der Waals surface area contributed by atoms with E-state index in [2.05, 4.69) is 30.9 Å². The molecular weight excluding hydrogens is 356 g/mol. The molecule has 4 N–H and O–H groups in total. The lowest BCUT2D eigenvalue weighted by atomic mass is 9.96. The van der Waals surface area contributed by atoms with Gasteiger partial charge in [0.05, 0.1) is 29.2 Å². The van der Waals surface area contributed by atoms with Crippen molar-refractivity contribution >= 4 is 23.0 Å². The SMILES string of the molecule is CC1=C(C(=O)NCc2nc3ccc(C)cc3[nH]2)[C@H](c2cccnc2)NC(=O)N1. The molecule has 0 aliphatic carbocycles. The Morgan fingerprint density at radius 2 is 2.11 bits per heavy atom. The fourth-order valence-corrected chi connectivity index (χ4v) is 3.31. The summed E-state index contributed by atoms with van der Waals surface area (Å²) in [7, 11) is 0. The van der Waals surface area contributed by atoms with Gasteiger partial charge in [0.25, 0.3) is 5.91 Å². The number of benzene rings is 1. The van der Waals surface area contributed by atoms with Gasteiger partial charge in [-0.1, -0.05) is 12.1 Å². The molecule has 1 atom stereocenters. The fourth-order valence-electron chi connectivity index (χ4n) is 3.31. The number of urea groups is 1. The van der Waals surface area contributed by atoms with Crippen LogP contribution in [0.4, 0.5) is 4.79 Å². The number of imidazole rings is 1. The minimum Gasteiger partial charge on any atom is -0.345 e. The standard InChI is InChI=1S/C20H20N6O2/c1-11-5-6-14-15(8-11)25-16(24-14)10-22-19(27)17-12(2)23-20(28)26-18(17)13-4-3-7-21-9-13/h3-9,18H,10H2,1-2H3,(H,22,27)(H,24,25)(H2,23,26,28)/t18-/m0/s1. The van der Waals surface area contributed by atoms with E-state index in [0.717, 1.165) is 22.2 Å². The molecule has 8 nitrogen and oxygen atoms in total. The van der Waals surface area contributed by atoms with E-state index in [1.54, 1.807) is 25.4 Å². The van der Waals surface area contributed by atoms with E-state index >= 15 is 0 Å². The number of amides is 3. The van der Waals surface area contributed by atoms with Crippen LogP contribution in [0.1, 0.15) is 29.9 Å². The average Bonchev–Trinajstić information content (AvgIpc) is 3.08. The van der Waals surface area contributed by atoms with Crippen molar-refractivity contribution in [2.75, 3.05) is 0 Å². The van der Waals surface area contributed by atoms with Crippen LogP contribution in [0.5, 0.6) is 0 Å². The van der Waals surface area contributed by atoms with E-state index in [-0.39, 0.29) is 18.5 Å². The van der Waals surface area contributed by atoms with Gasteiger partial charge in [-0.05, 0) is 43.2 Å². The first-order chi connectivity index (χ1) is 13.5. The number of rotatable bonds is 4. The maximum atomic E-state index is 12.9. The number of nitrogens with zero attached hydrogens (tertiary/aromatic N) is 2. The van der Waals surface area contributed by atoms with Gasteiger partial charge in [0.1, 0.15) is 5.82 Å². The predicted molar refractivity (Wildman–Crippen MR) is 104 cm³/mol. The number of carbonyl (C=O) groups excluding carboxylic acids is 2. The molecule has 1 aliphatic heterocycles. The summed E-state index contributed by atoms with van der Waals surface area (Å²) < 4.78 is 0. The number of pyridine rings is 1. The van der Waals surface area contributed by atoms with Crippen molar-refractivity contribution < 1.29 is 9.59 Å². The number of allylic oxidation sites excluding steroid dienone is 1. The van der Waals surface area contributed by atoms with Crippen LogP contribution in [0.25, 0.3) is 11.0 Å².